The van der Waals surface area contributed by atoms with Gasteiger partial charge in [-0.1, -0.05) is 62.6 Å². The van der Waals surface area contributed by atoms with Crippen LogP contribution >= 0.6 is 0 Å². The van der Waals surface area contributed by atoms with Crippen molar-refractivity contribution in [1.82, 2.24) is 0 Å². The zero-order chi connectivity index (χ0) is 26.2. The van der Waals surface area contributed by atoms with E-state index in [9.17, 15) is 14.8 Å². The molecule has 1 fully saturated rings. The lowest BCUT2D eigenvalue weighted by Gasteiger charge is -2.54. The van der Waals surface area contributed by atoms with Gasteiger partial charge in [-0.05, 0) is 35.4 Å². The summed E-state index contributed by atoms with van der Waals surface area (Å²) in [5.74, 6) is -1.93. The van der Waals surface area contributed by atoms with Crippen molar-refractivity contribution in [3.8, 4) is 0 Å². The molecule has 0 heterocycles. The van der Waals surface area contributed by atoms with Crippen molar-refractivity contribution in [2.45, 2.75) is 64.7 Å². The molecular formula is C26H37N3O6. The number of oxime groups is 2. The third-order valence-electron chi connectivity index (χ3n) is 6.95. The van der Waals surface area contributed by atoms with Crippen molar-refractivity contribution < 1.29 is 29.8 Å². The molecule has 0 spiro atoms. The number of carbonyl (C=O) groups is 2. The second-order valence-electron chi connectivity index (χ2n) is 9.92. The van der Waals surface area contributed by atoms with Crippen LogP contribution in [-0.2, 0) is 26.3 Å². The van der Waals surface area contributed by atoms with Gasteiger partial charge in [0.05, 0.1) is 11.9 Å². The lowest BCUT2D eigenvalue weighted by molar-refractivity contribution is -0.134. The van der Waals surface area contributed by atoms with Gasteiger partial charge in [-0.2, -0.15) is 0 Å². The minimum atomic E-state index is -1.26. The van der Waals surface area contributed by atoms with Crippen LogP contribution in [0.25, 0.3) is 0 Å². The Morgan fingerprint density at radius 2 is 1.86 bits per heavy atom. The molecular weight excluding hydrogens is 450 g/mol. The standard InChI is InChI=1S/C22H33N3O2.C4H4O4/c1-15(2)16-6-7-18-17(12-16)13-19(25-26)20-21(3,14-24-27-11-10-23)8-5-9-22(18,20)4;5-3(6)1-2-4(7)8/h6-7,12,14-15,20,26H,5,8-11,13,23H2,1-4H3;1-2H,(H,5,6)(H,7,8)/b24-14+,25-19+;2-1+/t20-,21-,22+;/m0./s1. The lowest BCUT2D eigenvalue weighted by Crippen LogP contribution is -2.54. The van der Waals surface area contributed by atoms with E-state index in [4.69, 9.17) is 20.8 Å². The van der Waals surface area contributed by atoms with Crippen LogP contribution in [0, 0.1) is 11.3 Å². The monoisotopic (exact) mass is 487 g/mol. The second kappa shape index (κ2) is 12.0. The average molecular weight is 488 g/mol. The maximum Gasteiger partial charge on any atom is 0.328 e. The number of nitrogens with zero attached hydrogens (tertiary/aromatic N) is 2. The molecule has 0 aromatic heterocycles. The summed E-state index contributed by atoms with van der Waals surface area (Å²) in [6, 6.07) is 6.87. The van der Waals surface area contributed by atoms with Crippen LogP contribution in [0.4, 0.5) is 0 Å². The predicted octanol–water partition coefficient (Wildman–Crippen LogP) is 3.93. The number of hydrogen-bond donors (Lipinski definition) is 4. The fourth-order valence-electron chi connectivity index (χ4n) is 5.50. The van der Waals surface area contributed by atoms with Gasteiger partial charge in [0.25, 0.3) is 0 Å². The summed E-state index contributed by atoms with van der Waals surface area (Å²) in [6.45, 7) is 9.82. The molecule has 35 heavy (non-hydrogen) atoms. The van der Waals surface area contributed by atoms with E-state index in [-0.39, 0.29) is 16.7 Å². The highest BCUT2D eigenvalue weighted by atomic mass is 16.6. The van der Waals surface area contributed by atoms with Crippen LogP contribution in [0.3, 0.4) is 0 Å². The first kappa shape index (κ1) is 28.0. The summed E-state index contributed by atoms with van der Waals surface area (Å²) < 4.78 is 0. The van der Waals surface area contributed by atoms with E-state index in [1.165, 1.54) is 16.7 Å². The summed E-state index contributed by atoms with van der Waals surface area (Å²) in [6.07, 6.45) is 6.92. The Hall–Kier alpha value is -3.20. The van der Waals surface area contributed by atoms with Crippen molar-refractivity contribution >= 4 is 23.9 Å². The van der Waals surface area contributed by atoms with Crippen molar-refractivity contribution in [2.75, 3.05) is 13.2 Å². The number of aliphatic carboxylic acids is 2. The molecule has 1 aromatic rings. The predicted molar refractivity (Wildman–Crippen MR) is 134 cm³/mol. The second-order valence-corrected chi connectivity index (χ2v) is 9.92. The van der Waals surface area contributed by atoms with Gasteiger partial charge in [0, 0.05) is 41.9 Å². The quantitative estimate of drug-likeness (QED) is 0.149. The molecule has 0 unspecified atom stereocenters. The fourth-order valence-corrected chi connectivity index (χ4v) is 5.50. The van der Waals surface area contributed by atoms with Gasteiger partial charge in [-0.15, -0.1) is 0 Å². The third kappa shape index (κ3) is 6.69. The smallest absolute Gasteiger partial charge is 0.328 e. The normalized spacial score (nSPS) is 26.8. The third-order valence-corrected chi connectivity index (χ3v) is 6.95. The summed E-state index contributed by atoms with van der Waals surface area (Å²) in [5, 5.41) is 33.5. The molecule has 0 saturated heterocycles. The van der Waals surface area contributed by atoms with Crippen LogP contribution in [0.15, 0.2) is 40.7 Å². The number of fused-ring (bicyclic) bond motifs is 3. The van der Waals surface area contributed by atoms with Gasteiger partial charge >= 0.3 is 11.9 Å². The topological polar surface area (TPSA) is 155 Å². The molecule has 0 radical (unpaired) electrons. The Bertz CT molecular complexity index is 987. The minimum Gasteiger partial charge on any atom is -0.478 e. The highest BCUT2D eigenvalue weighted by Gasteiger charge is 2.54. The van der Waals surface area contributed by atoms with E-state index < -0.39 is 11.9 Å². The summed E-state index contributed by atoms with van der Waals surface area (Å²) in [4.78, 5) is 24.4. The van der Waals surface area contributed by atoms with Gasteiger partial charge < -0.3 is 26.0 Å². The van der Waals surface area contributed by atoms with Crippen LogP contribution in [-0.4, -0.2) is 52.4 Å². The Labute approximate surface area is 206 Å². The molecule has 2 aliphatic rings. The van der Waals surface area contributed by atoms with E-state index >= 15 is 0 Å². The van der Waals surface area contributed by atoms with E-state index in [0.29, 0.717) is 37.6 Å². The first-order valence-corrected chi connectivity index (χ1v) is 11.8. The number of rotatable bonds is 7. The Balaban J connectivity index is 0.000000466. The zero-order valence-corrected chi connectivity index (χ0v) is 20.9. The maximum atomic E-state index is 9.89. The van der Waals surface area contributed by atoms with Crippen LogP contribution in [0.1, 0.15) is 69.6 Å². The SMILES string of the molecule is CC(C)c1ccc2c(c1)C/C(=N\O)[C@H]1[C@](C)(/C=N/OCCN)CCC[C@]21C.O=C(O)/C=C/C(=O)O. The minimum absolute atomic E-state index is 0.0719. The molecule has 0 bridgehead atoms. The summed E-state index contributed by atoms with van der Waals surface area (Å²) in [7, 11) is 0. The molecule has 5 N–H and O–H groups in total. The Morgan fingerprint density at radius 1 is 1.20 bits per heavy atom. The van der Waals surface area contributed by atoms with Crippen molar-refractivity contribution in [3.63, 3.8) is 0 Å². The number of benzene rings is 1. The molecule has 0 aliphatic heterocycles. The van der Waals surface area contributed by atoms with Crippen molar-refractivity contribution in [1.29, 1.82) is 0 Å². The fraction of sp³-hybridized carbons (Fsp3) is 0.538. The largest absolute Gasteiger partial charge is 0.478 e. The average Bonchev–Trinajstić information content (AvgIpc) is 2.80. The lowest BCUT2D eigenvalue weighted by atomic mass is 9.49. The van der Waals surface area contributed by atoms with E-state index in [0.717, 1.165) is 25.0 Å². The number of carboxylic acids is 2. The molecule has 192 valence electrons. The molecule has 3 atom stereocenters. The Kier molecular flexibility index (Phi) is 9.59. The number of hydrogen-bond acceptors (Lipinski definition) is 7. The highest BCUT2D eigenvalue weighted by molar-refractivity contribution is 5.95. The van der Waals surface area contributed by atoms with Gasteiger partial charge in [0.2, 0.25) is 0 Å². The number of carboxylic acid groups (broad SMARTS) is 2. The molecule has 9 heteroatoms. The first-order valence-electron chi connectivity index (χ1n) is 11.8. The van der Waals surface area contributed by atoms with E-state index in [1.807, 2.05) is 6.21 Å². The number of nitrogens with two attached hydrogens (primary N) is 1. The molecule has 0 amide bonds. The Morgan fingerprint density at radius 3 is 2.40 bits per heavy atom. The van der Waals surface area contributed by atoms with Crippen LogP contribution in [0.5, 0.6) is 0 Å². The summed E-state index contributed by atoms with van der Waals surface area (Å²) >= 11 is 0. The maximum absolute atomic E-state index is 9.89. The molecule has 9 nitrogen and oxygen atoms in total. The molecule has 1 saturated carbocycles. The van der Waals surface area contributed by atoms with E-state index in [1.54, 1.807) is 0 Å². The van der Waals surface area contributed by atoms with Gasteiger partial charge in [-0.3, -0.25) is 0 Å². The van der Waals surface area contributed by atoms with Crippen LogP contribution in [0.2, 0.25) is 0 Å². The van der Waals surface area contributed by atoms with Gasteiger partial charge in [0.1, 0.15) is 6.61 Å². The summed E-state index contributed by atoms with van der Waals surface area (Å²) in [5.41, 5.74) is 10.1. The van der Waals surface area contributed by atoms with E-state index in [2.05, 4.69) is 56.2 Å². The van der Waals surface area contributed by atoms with Crippen LogP contribution < -0.4 is 5.73 Å². The molecule has 3 rings (SSSR count). The van der Waals surface area contributed by atoms with Crippen molar-refractivity contribution in [2.24, 2.45) is 27.4 Å². The highest BCUT2D eigenvalue weighted by Crippen LogP contribution is 2.55. The van der Waals surface area contributed by atoms with Gasteiger partial charge in [0.15, 0.2) is 0 Å². The first-order chi connectivity index (χ1) is 16.5. The van der Waals surface area contributed by atoms with Gasteiger partial charge in [-0.25, -0.2) is 9.59 Å². The molecule has 1 aromatic carbocycles. The zero-order valence-electron chi connectivity index (χ0n) is 20.9. The van der Waals surface area contributed by atoms with Crippen molar-refractivity contribution in [3.05, 3.63) is 47.0 Å². The molecule has 2 aliphatic carbocycles.